The molecule has 2 nitrogen and oxygen atoms in total. The quantitative estimate of drug-likeness (QED) is 0.652. The lowest BCUT2D eigenvalue weighted by atomic mass is 9.64. The Balaban J connectivity index is 2.70. The summed E-state index contributed by atoms with van der Waals surface area (Å²) < 4.78 is 0. The number of hydrogen-bond acceptors (Lipinski definition) is 2. The molecule has 1 saturated carbocycles. The van der Waals surface area contributed by atoms with Crippen molar-refractivity contribution < 1.29 is 0 Å². The highest BCUT2D eigenvalue weighted by Gasteiger charge is 2.38. The van der Waals surface area contributed by atoms with Crippen molar-refractivity contribution in [1.82, 2.24) is 0 Å². The minimum absolute atomic E-state index is 0.237. The summed E-state index contributed by atoms with van der Waals surface area (Å²) in [5.74, 6) is 1.17. The molecule has 1 aliphatic rings. The zero-order valence-corrected chi connectivity index (χ0v) is 9.38. The third-order valence-corrected chi connectivity index (χ3v) is 3.42. The first-order valence-electron chi connectivity index (χ1n) is 5.34. The van der Waals surface area contributed by atoms with Gasteiger partial charge in [0.05, 0.1) is 0 Å². The molecule has 1 fully saturated rings. The third-order valence-electron chi connectivity index (χ3n) is 3.42. The molecule has 0 spiro atoms. The first-order chi connectivity index (χ1) is 5.83. The van der Waals surface area contributed by atoms with Gasteiger partial charge in [0.1, 0.15) is 0 Å². The zero-order chi connectivity index (χ0) is 10.2. The second kappa shape index (κ2) is 3.58. The molecule has 0 heterocycles. The van der Waals surface area contributed by atoms with Gasteiger partial charge in [0.25, 0.3) is 0 Å². The van der Waals surface area contributed by atoms with Gasteiger partial charge in [0, 0.05) is 12.1 Å². The molecule has 0 aromatic heterocycles. The highest BCUT2D eigenvalue weighted by Crippen LogP contribution is 2.41. The van der Waals surface area contributed by atoms with Crippen LogP contribution in [0.5, 0.6) is 0 Å². The Kier molecular flexibility index (Phi) is 3.03. The van der Waals surface area contributed by atoms with Crippen LogP contribution in [0.2, 0.25) is 0 Å². The molecule has 0 aromatic rings. The summed E-state index contributed by atoms with van der Waals surface area (Å²) in [7, 11) is 0. The lowest BCUT2D eigenvalue weighted by molar-refractivity contribution is 0.0926. The van der Waals surface area contributed by atoms with Gasteiger partial charge >= 0.3 is 0 Å². The molecule has 2 heteroatoms. The molecular weight excluding hydrogens is 160 g/mol. The Morgan fingerprint density at radius 3 is 2.23 bits per heavy atom. The van der Waals surface area contributed by atoms with Gasteiger partial charge in [0.15, 0.2) is 0 Å². The molecule has 4 unspecified atom stereocenters. The highest BCUT2D eigenvalue weighted by atomic mass is 14.8. The monoisotopic (exact) mass is 184 g/mol. The predicted octanol–water partition coefficient (Wildman–Crippen LogP) is 1.73. The number of hydrogen-bond donors (Lipinski definition) is 2. The van der Waals surface area contributed by atoms with Crippen molar-refractivity contribution in [2.75, 3.05) is 0 Å². The Hall–Kier alpha value is -0.0800. The van der Waals surface area contributed by atoms with Gasteiger partial charge in [0.2, 0.25) is 0 Å². The van der Waals surface area contributed by atoms with Crippen molar-refractivity contribution in [3.05, 3.63) is 0 Å². The van der Waals surface area contributed by atoms with Crippen LogP contribution < -0.4 is 11.5 Å². The largest absolute Gasteiger partial charge is 0.328 e. The van der Waals surface area contributed by atoms with Crippen LogP contribution >= 0.6 is 0 Å². The fourth-order valence-corrected chi connectivity index (χ4v) is 3.20. The highest BCUT2D eigenvalue weighted by molar-refractivity contribution is 4.93. The van der Waals surface area contributed by atoms with E-state index in [0.29, 0.717) is 23.3 Å². The summed E-state index contributed by atoms with van der Waals surface area (Å²) in [6.07, 6.45) is 2.37. The fourth-order valence-electron chi connectivity index (χ4n) is 3.20. The molecule has 4 atom stereocenters. The van der Waals surface area contributed by atoms with E-state index in [9.17, 15) is 0 Å². The average Bonchev–Trinajstić information content (AvgIpc) is 1.78. The molecule has 0 bridgehead atoms. The van der Waals surface area contributed by atoms with Gasteiger partial charge in [-0.25, -0.2) is 0 Å². The second-order valence-electron chi connectivity index (χ2n) is 5.65. The minimum atomic E-state index is 0.237. The predicted molar refractivity (Wildman–Crippen MR) is 57.3 cm³/mol. The number of nitrogens with two attached hydrogens (primary N) is 2. The minimum Gasteiger partial charge on any atom is -0.328 e. The molecule has 1 rings (SSSR count). The summed E-state index contributed by atoms with van der Waals surface area (Å²) >= 11 is 0. The van der Waals surface area contributed by atoms with Crippen molar-refractivity contribution >= 4 is 0 Å². The molecule has 13 heavy (non-hydrogen) atoms. The normalized spacial score (nSPS) is 41.5. The number of rotatable bonds is 1. The Morgan fingerprint density at radius 2 is 1.85 bits per heavy atom. The van der Waals surface area contributed by atoms with E-state index in [0.717, 1.165) is 6.42 Å². The van der Waals surface area contributed by atoms with E-state index in [1.54, 1.807) is 0 Å². The smallest absolute Gasteiger partial charge is 0.00894 e. The van der Waals surface area contributed by atoms with Crippen LogP contribution in [-0.4, -0.2) is 12.1 Å². The lowest BCUT2D eigenvalue weighted by Crippen LogP contribution is -2.50. The van der Waals surface area contributed by atoms with Gasteiger partial charge < -0.3 is 11.5 Å². The first kappa shape index (κ1) is 11.0. The summed E-state index contributed by atoms with van der Waals surface area (Å²) in [4.78, 5) is 0. The van der Waals surface area contributed by atoms with Crippen LogP contribution in [-0.2, 0) is 0 Å². The van der Waals surface area contributed by atoms with E-state index < -0.39 is 0 Å². The molecule has 0 amide bonds. The van der Waals surface area contributed by atoms with Crippen molar-refractivity contribution in [3.63, 3.8) is 0 Å². The summed E-state index contributed by atoms with van der Waals surface area (Å²) in [6.45, 7) is 8.98. The van der Waals surface area contributed by atoms with Crippen LogP contribution in [0.15, 0.2) is 0 Å². The van der Waals surface area contributed by atoms with Gasteiger partial charge in [-0.2, -0.15) is 0 Å². The van der Waals surface area contributed by atoms with E-state index in [2.05, 4.69) is 27.7 Å². The van der Waals surface area contributed by atoms with Crippen molar-refractivity contribution in [2.24, 2.45) is 28.7 Å². The van der Waals surface area contributed by atoms with E-state index in [4.69, 9.17) is 11.5 Å². The fraction of sp³-hybridized carbons (Fsp3) is 1.00. The summed E-state index contributed by atoms with van der Waals surface area (Å²) in [5.41, 5.74) is 12.5. The topological polar surface area (TPSA) is 52.0 Å². The van der Waals surface area contributed by atoms with Crippen molar-refractivity contribution in [2.45, 2.75) is 52.6 Å². The molecule has 1 aliphatic carbocycles. The molecule has 0 saturated heterocycles. The average molecular weight is 184 g/mol. The van der Waals surface area contributed by atoms with Gasteiger partial charge in [-0.1, -0.05) is 20.8 Å². The first-order valence-corrected chi connectivity index (χ1v) is 5.34. The third kappa shape index (κ3) is 2.44. The molecule has 4 N–H and O–H groups in total. The van der Waals surface area contributed by atoms with Crippen LogP contribution in [0, 0.1) is 17.3 Å². The Bertz CT molecular complexity index is 161. The van der Waals surface area contributed by atoms with Crippen LogP contribution in [0.25, 0.3) is 0 Å². The maximum absolute atomic E-state index is 6.17. The van der Waals surface area contributed by atoms with Gasteiger partial charge in [-0.15, -0.1) is 0 Å². The zero-order valence-electron chi connectivity index (χ0n) is 9.38. The van der Waals surface area contributed by atoms with E-state index in [-0.39, 0.29) is 6.04 Å². The Labute approximate surface area is 82.1 Å². The standard InChI is InChI=1S/C11H24N2/c1-7-5-11(3,4)6-9(13)10(7)8(2)12/h7-10H,5-6,12-13H2,1-4H3. The summed E-state index contributed by atoms with van der Waals surface area (Å²) in [6, 6.07) is 0.528. The van der Waals surface area contributed by atoms with Crippen LogP contribution in [0.3, 0.4) is 0 Å². The maximum Gasteiger partial charge on any atom is 0.00894 e. The van der Waals surface area contributed by atoms with Gasteiger partial charge in [-0.3, -0.25) is 0 Å². The maximum atomic E-state index is 6.17. The van der Waals surface area contributed by atoms with E-state index in [1.807, 2.05) is 0 Å². The molecular formula is C11H24N2. The lowest BCUT2D eigenvalue weighted by Gasteiger charge is -2.45. The van der Waals surface area contributed by atoms with Crippen LogP contribution in [0.1, 0.15) is 40.5 Å². The molecule has 78 valence electrons. The van der Waals surface area contributed by atoms with Crippen LogP contribution in [0.4, 0.5) is 0 Å². The molecule has 0 aromatic carbocycles. The second-order valence-corrected chi connectivity index (χ2v) is 5.65. The Morgan fingerprint density at radius 1 is 1.31 bits per heavy atom. The summed E-state index contributed by atoms with van der Waals surface area (Å²) in [5, 5.41) is 0. The van der Waals surface area contributed by atoms with Crippen molar-refractivity contribution in [3.8, 4) is 0 Å². The van der Waals surface area contributed by atoms with E-state index in [1.165, 1.54) is 6.42 Å². The van der Waals surface area contributed by atoms with Crippen molar-refractivity contribution in [1.29, 1.82) is 0 Å². The molecule has 0 radical (unpaired) electrons. The molecule has 0 aliphatic heterocycles. The van der Waals surface area contributed by atoms with E-state index >= 15 is 0 Å². The van der Waals surface area contributed by atoms with Gasteiger partial charge in [-0.05, 0) is 37.0 Å². The SMILES string of the molecule is CC(N)C1C(C)CC(C)(C)CC1N.